The second-order valence-electron chi connectivity index (χ2n) is 7.93. The maximum absolute atomic E-state index is 10.1. The van der Waals surface area contributed by atoms with E-state index < -0.39 is 6.10 Å². The Labute approximate surface area is 162 Å². The smallest absolute Gasteiger partial charge is 0.133 e. The van der Waals surface area contributed by atoms with Gasteiger partial charge in [-0.1, -0.05) is 32.0 Å². The van der Waals surface area contributed by atoms with E-state index in [4.69, 9.17) is 9.72 Å². The number of fused-ring (bicyclic) bond motifs is 1. The zero-order valence-electron chi connectivity index (χ0n) is 16.7. The molecule has 148 valence electrons. The van der Waals surface area contributed by atoms with Gasteiger partial charge in [0, 0.05) is 43.7 Å². The van der Waals surface area contributed by atoms with Crippen LogP contribution in [0.3, 0.4) is 0 Å². The highest BCUT2D eigenvalue weighted by Gasteiger charge is 2.17. The lowest BCUT2D eigenvalue weighted by Crippen LogP contribution is -2.33. The Hall–Kier alpha value is -1.69. The fourth-order valence-electron chi connectivity index (χ4n) is 3.53. The molecule has 1 saturated heterocycles. The van der Waals surface area contributed by atoms with Gasteiger partial charge in [-0.3, -0.25) is 0 Å². The van der Waals surface area contributed by atoms with Crippen molar-refractivity contribution in [2.24, 2.45) is 5.92 Å². The molecule has 0 amide bonds. The fraction of sp³-hybridized carbons (Fsp3) is 0.591. The summed E-state index contributed by atoms with van der Waals surface area (Å²) in [6.07, 6.45) is 3.27. The number of anilines is 1. The number of nitrogens with one attached hydrogen (secondary N) is 1. The molecule has 2 N–H and O–H groups in total. The second-order valence-corrected chi connectivity index (χ2v) is 7.93. The molecule has 1 aliphatic heterocycles. The molecule has 1 aromatic heterocycles. The summed E-state index contributed by atoms with van der Waals surface area (Å²) in [5.74, 6) is 1.58. The highest BCUT2D eigenvalue weighted by atomic mass is 16.5. The Morgan fingerprint density at radius 1 is 1.15 bits per heavy atom. The van der Waals surface area contributed by atoms with E-state index in [-0.39, 0.29) is 0 Å². The first-order valence-electron chi connectivity index (χ1n) is 10.2. The van der Waals surface area contributed by atoms with Gasteiger partial charge in [-0.2, -0.15) is 0 Å². The quantitative estimate of drug-likeness (QED) is 0.708. The van der Waals surface area contributed by atoms with Gasteiger partial charge in [0.2, 0.25) is 0 Å². The van der Waals surface area contributed by atoms with Crippen molar-refractivity contribution in [3.8, 4) is 0 Å². The van der Waals surface area contributed by atoms with Gasteiger partial charge < -0.3 is 20.1 Å². The van der Waals surface area contributed by atoms with Crippen LogP contribution in [0.25, 0.3) is 10.9 Å². The van der Waals surface area contributed by atoms with Crippen molar-refractivity contribution < 1.29 is 9.84 Å². The Morgan fingerprint density at radius 3 is 2.70 bits per heavy atom. The molecule has 0 spiro atoms. The molecule has 1 atom stereocenters. The molecule has 5 nitrogen and oxygen atoms in total. The number of aliphatic hydroxyl groups is 1. The van der Waals surface area contributed by atoms with Crippen LogP contribution in [0.15, 0.2) is 30.3 Å². The molecule has 0 bridgehead atoms. The molecule has 0 saturated carbocycles. The van der Waals surface area contributed by atoms with Gasteiger partial charge in [0.05, 0.1) is 18.2 Å². The van der Waals surface area contributed by atoms with Crippen LogP contribution in [0.2, 0.25) is 0 Å². The molecule has 3 rings (SSSR count). The van der Waals surface area contributed by atoms with Crippen molar-refractivity contribution in [2.45, 2.75) is 45.8 Å². The number of para-hydroxylation sites is 1. The first-order valence-corrected chi connectivity index (χ1v) is 10.2. The Balaban J connectivity index is 1.65. The van der Waals surface area contributed by atoms with Crippen molar-refractivity contribution in [2.75, 3.05) is 37.7 Å². The third-order valence-corrected chi connectivity index (χ3v) is 4.89. The summed E-state index contributed by atoms with van der Waals surface area (Å²) in [5, 5.41) is 14.7. The number of pyridine rings is 1. The predicted octanol–water partition coefficient (Wildman–Crippen LogP) is 3.35. The lowest BCUT2D eigenvalue weighted by Gasteiger charge is -2.30. The Morgan fingerprint density at radius 2 is 1.93 bits per heavy atom. The predicted molar refractivity (Wildman–Crippen MR) is 111 cm³/mol. The van der Waals surface area contributed by atoms with Gasteiger partial charge in [0.25, 0.3) is 0 Å². The summed E-state index contributed by atoms with van der Waals surface area (Å²) in [7, 11) is 0. The SMILES string of the molecule is CC(C)COCC(O)CNCc1cc2ccccc2nc1N1CCCCC1. The van der Waals surface area contributed by atoms with Crippen LogP contribution in [0.5, 0.6) is 0 Å². The first-order chi connectivity index (χ1) is 13.1. The van der Waals surface area contributed by atoms with Crippen molar-refractivity contribution in [3.63, 3.8) is 0 Å². The van der Waals surface area contributed by atoms with Crippen LogP contribution in [0.1, 0.15) is 38.7 Å². The van der Waals surface area contributed by atoms with Crippen LogP contribution >= 0.6 is 0 Å². The molecule has 1 unspecified atom stereocenters. The molecule has 0 aliphatic carbocycles. The van der Waals surface area contributed by atoms with E-state index in [1.165, 1.54) is 24.8 Å². The highest BCUT2D eigenvalue weighted by molar-refractivity contribution is 5.81. The summed E-state index contributed by atoms with van der Waals surface area (Å²) in [4.78, 5) is 7.38. The minimum atomic E-state index is -0.490. The largest absolute Gasteiger partial charge is 0.389 e. The first kappa shape index (κ1) is 20.1. The summed E-state index contributed by atoms with van der Waals surface area (Å²) >= 11 is 0. The Kier molecular flexibility index (Phi) is 7.44. The number of nitrogens with zero attached hydrogens (tertiary/aromatic N) is 2. The minimum absolute atomic E-state index is 0.375. The lowest BCUT2D eigenvalue weighted by molar-refractivity contribution is 0.0260. The van der Waals surface area contributed by atoms with Crippen LogP contribution in [-0.2, 0) is 11.3 Å². The third kappa shape index (κ3) is 5.89. The molecule has 1 aromatic carbocycles. The number of piperidine rings is 1. The van der Waals surface area contributed by atoms with E-state index in [0.29, 0.717) is 32.2 Å². The Bertz CT molecular complexity index is 714. The molecule has 5 heteroatoms. The highest BCUT2D eigenvalue weighted by Crippen LogP contribution is 2.26. The van der Waals surface area contributed by atoms with Gasteiger partial charge in [0.1, 0.15) is 5.82 Å². The fourth-order valence-corrected chi connectivity index (χ4v) is 3.53. The third-order valence-electron chi connectivity index (χ3n) is 4.89. The average molecular weight is 372 g/mol. The number of ether oxygens (including phenoxy) is 1. The van der Waals surface area contributed by atoms with Gasteiger partial charge in [-0.05, 0) is 37.3 Å². The molecule has 1 aliphatic rings. The van der Waals surface area contributed by atoms with Crippen molar-refractivity contribution in [1.82, 2.24) is 10.3 Å². The molecular weight excluding hydrogens is 338 g/mol. The summed E-state index contributed by atoms with van der Waals surface area (Å²) in [6, 6.07) is 10.5. The van der Waals surface area contributed by atoms with Crippen LogP contribution in [-0.4, -0.2) is 49.0 Å². The monoisotopic (exact) mass is 371 g/mol. The topological polar surface area (TPSA) is 57.6 Å². The lowest BCUT2D eigenvalue weighted by atomic mass is 10.1. The zero-order valence-corrected chi connectivity index (χ0v) is 16.7. The van der Waals surface area contributed by atoms with Gasteiger partial charge in [0.15, 0.2) is 0 Å². The normalized spacial score (nSPS) is 16.2. The average Bonchev–Trinajstić information content (AvgIpc) is 2.68. The molecule has 2 aromatic rings. The minimum Gasteiger partial charge on any atom is -0.389 e. The van der Waals surface area contributed by atoms with E-state index in [9.17, 15) is 5.11 Å². The standard InChI is InChI=1S/C22H33N3O2/c1-17(2)15-27-16-20(26)14-23-13-19-12-18-8-4-5-9-21(18)24-22(19)25-10-6-3-7-11-25/h4-5,8-9,12,17,20,23,26H,3,6-7,10-11,13-16H2,1-2H3. The molecule has 2 heterocycles. The van der Waals surface area contributed by atoms with Crippen molar-refractivity contribution >= 4 is 16.7 Å². The van der Waals surface area contributed by atoms with E-state index in [2.05, 4.69) is 48.3 Å². The van der Waals surface area contributed by atoms with Crippen LogP contribution in [0.4, 0.5) is 5.82 Å². The molecular formula is C22H33N3O2. The van der Waals surface area contributed by atoms with Crippen LogP contribution < -0.4 is 10.2 Å². The number of aliphatic hydroxyl groups excluding tert-OH is 1. The molecule has 1 fully saturated rings. The van der Waals surface area contributed by atoms with E-state index in [1.54, 1.807) is 0 Å². The second kappa shape index (κ2) is 10.0. The number of hydrogen-bond acceptors (Lipinski definition) is 5. The van der Waals surface area contributed by atoms with Crippen LogP contribution in [0, 0.1) is 5.92 Å². The van der Waals surface area contributed by atoms with E-state index >= 15 is 0 Å². The molecule has 27 heavy (non-hydrogen) atoms. The van der Waals surface area contributed by atoms with Gasteiger partial charge >= 0.3 is 0 Å². The number of hydrogen-bond donors (Lipinski definition) is 2. The maximum Gasteiger partial charge on any atom is 0.133 e. The summed E-state index contributed by atoms with van der Waals surface area (Å²) in [6.45, 7) is 8.65. The van der Waals surface area contributed by atoms with Crippen molar-refractivity contribution in [3.05, 3.63) is 35.9 Å². The zero-order chi connectivity index (χ0) is 19.1. The van der Waals surface area contributed by atoms with E-state index in [0.717, 1.165) is 29.8 Å². The van der Waals surface area contributed by atoms with Crippen molar-refractivity contribution in [1.29, 1.82) is 0 Å². The number of benzene rings is 1. The number of rotatable bonds is 9. The van der Waals surface area contributed by atoms with E-state index in [1.807, 2.05) is 6.07 Å². The number of aromatic nitrogens is 1. The summed E-state index contributed by atoms with van der Waals surface area (Å²) in [5.41, 5.74) is 2.25. The van der Waals surface area contributed by atoms with Gasteiger partial charge in [-0.15, -0.1) is 0 Å². The molecule has 0 radical (unpaired) electrons. The van der Waals surface area contributed by atoms with Gasteiger partial charge in [-0.25, -0.2) is 4.98 Å². The summed E-state index contributed by atoms with van der Waals surface area (Å²) < 4.78 is 5.53. The maximum atomic E-state index is 10.1.